The van der Waals surface area contributed by atoms with Crippen molar-refractivity contribution in [2.45, 2.75) is 37.5 Å². The summed E-state index contributed by atoms with van der Waals surface area (Å²) in [4.78, 5) is 3.44. The van der Waals surface area contributed by atoms with Crippen LogP contribution in [0, 0.1) is 5.92 Å². The third kappa shape index (κ3) is 1.90. The van der Waals surface area contributed by atoms with Crippen LogP contribution in [0.5, 0.6) is 5.75 Å². The molecule has 3 heteroatoms. The summed E-state index contributed by atoms with van der Waals surface area (Å²) in [6.45, 7) is 0. The topological polar surface area (TPSA) is 37.2 Å². The van der Waals surface area contributed by atoms with Crippen LogP contribution < -0.4 is 29.0 Å². The van der Waals surface area contributed by atoms with E-state index in [1.807, 2.05) is 12.1 Å². The summed E-state index contributed by atoms with van der Waals surface area (Å²) < 4.78 is 0. The molecular weight excluding hydrogens is 229 g/mol. The molecule has 0 spiro atoms. The van der Waals surface area contributed by atoms with E-state index >= 15 is 0 Å². The first-order valence-corrected chi connectivity index (χ1v) is 6.89. The van der Waals surface area contributed by atoms with Gasteiger partial charge in [-0.15, -0.1) is 0 Å². The van der Waals surface area contributed by atoms with Crippen LogP contribution >= 0.6 is 0 Å². The molecule has 1 aromatic carbocycles. The van der Waals surface area contributed by atoms with Crippen LogP contribution in [-0.4, -0.2) is 0 Å². The largest absolute Gasteiger partial charge is 1.00 e. The van der Waals surface area contributed by atoms with Gasteiger partial charge in [-0.05, 0) is 55.9 Å². The first-order chi connectivity index (χ1) is 8.77. The van der Waals surface area contributed by atoms with E-state index in [9.17, 15) is 5.11 Å². The number of rotatable bonds is 1. The third-order valence-corrected chi connectivity index (χ3v) is 5.06. The van der Waals surface area contributed by atoms with Crippen LogP contribution in [0.1, 0.15) is 37.8 Å². The molecule has 2 aliphatic carbocycles. The second-order valence-corrected chi connectivity index (χ2v) is 6.02. The van der Waals surface area contributed by atoms with E-state index in [4.69, 9.17) is 0 Å². The fourth-order valence-corrected chi connectivity index (χ4v) is 4.05. The van der Waals surface area contributed by atoms with Crippen LogP contribution in [0.2, 0.25) is 0 Å². The quantitative estimate of drug-likeness (QED) is 0.629. The number of aromatic amines is 1. The number of hydrogen-bond acceptors (Lipinski definition) is 1. The second kappa shape index (κ2) is 4.54. The Kier molecular flexibility index (Phi) is 3.12. The maximum atomic E-state index is 11.9. The van der Waals surface area contributed by atoms with Crippen molar-refractivity contribution in [3.8, 4) is 5.75 Å². The zero-order valence-electron chi connectivity index (χ0n) is 11.4. The average Bonchev–Trinajstić information content (AvgIpc) is 3.00. The summed E-state index contributed by atoms with van der Waals surface area (Å²) in [6, 6.07) is 9.78. The maximum absolute atomic E-state index is 11.9. The van der Waals surface area contributed by atoms with Gasteiger partial charge in [-0.1, -0.05) is 12.1 Å². The van der Waals surface area contributed by atoms with Gasteiger partial charge in [0.25, 0.3) is 0 Å². The minimum Gasteiger partial charge on any atom is -0.868 e. The summed E-state index contributed by atoms with van der Waals surface area (Å²) in [5.41, 5.74) is 2.42. The minimum atomic E-state index is 0. The van der Waals surface area contributed by atoms with Gasteiger partial charge in [0.05, 0.1) is 5.41 Å². The van der Waals surface area contributed by atoms with Crippen LogP contribution in [0.25, 0.3) is 10.9 Å². The van der Waals surface area contributed by atoms with Gasteiger partial charge in [0.2, 0.25) is 5.52 Å². The number of nitrogens with one attached hydrogen (secondary N) is 1. The maximum Gasteiger partial charge on any atom is 1.00 e. The molecule has 92 valence electrons. The van der Waals surface area contributed by atoms with Crippen molar-refractivity contribution in [2.24, 2.45) is 5.92 Å². The molecule has 1 heterocycles. The predicted octanol–water partition coefficient (Wildman–Crippen LogP) is -0.437. The predicted molar refractivity (Wildman–Crippen MR) is 68.2 cm³/mol. The van der Waals surface area contributed by atoms with Crippen molar-refractivity contribution < 1.29 is 29.0 Å². The van der Waals surface area contributed by atoms with Crippen LogP contribution in [0.4, 0.5) is 0 Å². The fraction of sp³-hybridized carbons (Fsp3) is 0.438. The van der Waals surface area contributed by atoms with E-state index in [2.05, 4.69) is 17.1 Å². The Morgan fingerprint density at radius 2 is 1.89 bits per heavy atom. The number of benzene rings is 1. The molecule has 0 aliphatic heterocycles. The van der Waals surface area contributed by atoms with Crippen LogP contribution in [0.3, 0.4) is 0 Å². The molecule has 0 amide bonds. The zero-order chi connectivity index (χ0) is 12.2. The Hall–Kier alpha value is -0.973. The number of aromatic nitrogens is 1. The third-order valence-electron chi connectivity index (χ3n) is 5.06. The smallest absolute Gasteiger partial charge is 0.868 e. The van der Waals surface area contributed by atoms with E-state index < -0.39 is 0 Å². The first kappa shape index (κ1) is 13.0. The van der Waals surface area contributed by atoms with Crippen molar-refractivity contribution >= 4 is 10.9 Å². The van der Waals surface area contributed by atoms with Gasteiger partial charge in [0.15, 0.2) is 5.69 Å². The van der Waals surface area contributed by atoms with Crippen molar-refractivity contribution in [1.29, 1.82) is 0 Å². The summed E-state index contributed by atoms with van der Waals surface area (Å²) in [5.74, 6) is 1.04. The van der Waals surface area contributed by atoms with E-state index in [0.29, 0.717) is 5.41 Å². The monoisotopic (exact) mass is 246 g/mol. The van der Waals surface area contributed by atoms with Crippen molar-refractivity contribution in [2.75, 3.05) is 0 Å². The van der Waals surface area contributed by atoms with Gasteiger partial charge in [-0.3, -0.25) is 0 Å². The van der Waals surface area contributed by atoms with Crippen molar-refractivity contribution in [1.82, 2.24) is 0 Å². The number of H-pyrrole nitrogens is 1. The number of fused-ring (bicyclic) bond motifs is 3. The molecule has 19 heavy (non-hydrogen) atoms. The van der Waals surface area contributed by atoms with Gasteiger partial charge in [0.1, 0.15) is 0 Å². The summed E-state index contributed by atoms with van der Waals surface area (Å²) in [5, 5.41) is 12.9. The molecule has 2 fully saturated rings. The normalized spacial score (nSPS) is 28.5. The molecule has 2 nitrogen and oxygen atoms in total. The van der Waals surface area contributed by atoms with Gasteiger partial charge in [-0.25, -0.2) is 4.98 Å². The number of para-hydroxylation sites is 1. The first-order valence-electron chi connectivity index (χ1n) is 6.89. The molecule has 2 aliphatic rings. The second-order valence-electron chi connectivity index (χ2n) is 6.02. The van der Waals surface area contributed by atoms with E-state index in [1.165, 1.54) is 37.8 Å². The van der Waals surface area contributed by atoms with Crippen LogP contribution in [0.15, 0.2) is 30.3 Å². The van der Waals surface area contributed by atoms with Gasteiger partial charge in [0, 0.05) is 11.5 Å². The molecular formula is C16H17LiNO+. The molecule has 0 atom stereocenters. The molecule has 0 saturated heterocycles. The Labute approximate surface area is 125 Å². The Bertz CT molecular complexity index is 617. The van der Waals surface area contributed by atoms with Gasteiger partial charge in [-0.2, -0.15) is 0 Å². The van der Waals surface area contributed by atoms with Crippen LogP contribution in [-0.2, 0) is 5.41 Å². The average molecular weight is 246 g/mol. The van der Waals surface area contributed by atoms with Crippen molar-refractivity contribution in [3.63, 3.8) is 0 Å². The SMILES string of the molecule is [Li+].[O-]c1cccc2ccc(C34CCC(CC3)C4)[nH+]c12. The Balaban J connectivity index is 0.00000110. The molecule has 2 bridgehead atoms. The zero-order valence-corrected chi connectivity index (χ0v) is 11.4. The molecule has 4 rings (SSSR count). The Morgan fingerprint density at radius 3 is 2.58 bits per heavy atom. The van der Waals surface area contributed by atoms with Gasteiger partial charge >= 0.3 is 18.9 Å². The van der Waals surface area contributed by atoms with E-state index in [0.717, 1.165) is 16.8 Å². The number of hydrogen-bond donors (Lipinski definition) is 0. The molecule has 0 radical (unpaired) electrons. The van der Waals surface area contributed by atoms with Crippen molar-refractivity contribution in [3.05, 3.63) is 36.0 Å². The van der Waals surface area contributed by atoms with E-state index in [1.54, 1.807) is 6.07 Å². The summed E-state index contributed by atoms with van der Waals surface area (Å²) in [7, 11) is 0. The fourth-order valence-electron chi connectivity index (χ4n) is 4.05. The molecule has 0 unspecified atom stereocenters. The summed E-state index contributed by atoms with van der Waals surface area (Å²) >= 11 is 0. The molecule has 2 saturated carbocycles. The molecule has 1 N–H and O–H groups in total. The Morgan fingerprint density at radius 1 is 1.11 bits per heavy atom. The van der Waals surface area contributed by atoms with E-state index in [-0.39, 0.29) is 24.6 Å². The minimum absolute atomic E-state index is 0. The standard InChI is InChI=1S/C16H17NO.Li/c18-13-3-1-2-12-4-5-14(17-15(12)13)16-8-6-11(10-16)7-9-16;/h1-5,11,18H,6-10H2;/q;+1. The number of pyridine rings is 1. The molecule has 2 aromatic rings. The summed E-state index contributed by atoms with van der Waals surface area (Å²) in [6.07, 6.45) is 6.63. The van der Waals surface area contributed by atoms with Gasteiger partial charge < -0.3 is 5.11 Å². The molecule has 1 aromatic heterocycles.